The predicted molar refractivity (Wildman–Crippen MR) is 111 cm³/mol. The zero-order valence-corrected chi connectivity index (χ0v) is 17.5. The molecule has 1 amide bonds. The van der Waals surface area contributed by atoms with Crippen LogP contribution in [0, 0.1) is 0 Å². The average molecular weight is 441 g/mol. The first kappa shape index (κ1) is 22.8. The van der Waals surface area contributed by atoms with Gasteiger partial charge in [0.1, 0.15) is 17.7 Å². The van der Waals surface area contributed by atoms with Crippen molar-refractivity contribution in [2.45, 2.75) is 12.5 Å². The first-order chi connectivity index (χ1) is 13.9. The van der Waals surface area contributed by atoms with Crippen LogP contribution in [0.2, 0.25) is 10.0 Å². The molecule has 0 aliphatic carbocycles. The summed E-state index contributed by atoms with van der Waals surface area (Å²) in [7, 11) is 2.99. The summed E-state index contributed by atoms with van der Waals surface area (Å²) in [4.78, 5) is 24.8. The number of likely N-dealkylation sites (N-methyl/N-ethyl adjacent to an activating group) is 1. The summed E-state index contributed by atoms with van der Waals surface area (Å²) in [5, 5.41) is 15.7. The van der Waals surface area contributed by atoms with Gasteiger partial charge in [-0.15, -0.1) is 0 Å². The molecule has 2 rings (SSSR count). The lowest BCUT2D eigenvalue weighted by molar-refractivity contribution is -0.142. The minimum absolute atomic E-state index is 0.0618. The van der Waals surface area contributed by atoms with Gasteiger partial charge in [-0.2, -0.15) is 0 Å². The maximum absolute atomic E-state index is 12.7. The van der Waals surface area contributed by atoms with Gasteiger partial charge in [-0.25, -0.2) is 4.79 Å². The number of carbonyl (C=O) groups is 2. The standard InChI is InChI=1S/C20H22Cl2N2O5/c1-23-8-9-29-18-14(21)11-13(17(25)16(18)22)19(26)24-15(20(27)28-2)10-12-6-4-3-5-7-12/h3-7,11,15,23,25H,8-10H2,1-2H3,(H,24,26). The van der Waals surface area contributed by atoms with Crippen LogP contribution in [-0.4, -0.2) is 50.3 Å². The zero-order valence-electron chi connectivity index (χ0n) is 16.0. The van der Waals surface area contributed by atoms with E-state index in [0.29, 0.717) is 6.54 Å². The summed E-state index contributed by atoms with van der Waals surface area (Å²) >= 11 is 12.3. The minimum Gasteiger partial charge on any atom is -0.505 e. The molecule has 0 aromatic heterocycles. The number of halogens is 2. The van der Waals surface area contributed by atoms with E-state index >= 15 is 0 Å². The number of phenolic OH excluding ortho intramolecular Hbond substituents is 1. The van der Waals surface area contributed by atoms with Crippen molar-refractivity contribution in [2.24, 2.45) is 0 Å². The number of aromatic hydroxyl groups is 1. The highest BCUT2D eigenvalue weighted by atomic mass is 35.5. The van der Waals surface area contributed by atoms with Crippen molar-refractivity contribution in [1.82, 2.24) is 10.6 Å². The third-order valence-corrected chi connectivity index (χ3v) is 4.70. The van der Waals surface area contributed by atoms with Crippen LogP contribution in [0.15, 0.2) is 36.4 Å². The van der Waals surface area contributed by atoms with E-state index in [1.165, 1.54) is 13.2 Å². The molecule has 7 nitrogen and oxygen atoms in total. The largest absolute Gasteiger partial charge is 0.505 e. The van der Waals surface area contributed by atoms with Gasteiger partial charge in [0.15, 0.2) is 11.5 Å². The molecule has 9 heteroatoms. The Hall–Kier alpha value is -2.48. The van der Waals surface area contributed by atoms with Gasteiger partial charge in [0.25, 0.3) is 5.91 Å². The predicted octanol–water partition coefficient (Wildman–Crippen LogP) is 2.81. The molecule has 1 atom stereocenters. The number of ether oxygens (including phenoxy) is 2. The number of methoxy groups -OCH3 is 1. The Morgan fingerprint density at radius 1 is 1.21 bits per heavy atom. The van der Waals surface area contributed by atoms with Crippen LogP contribution in [0.5, 0.6) is 11.5 Å². The first-order valence-electron chi connectivity index (χ1n) is 8.80. The van der Waals surface area contributed by atoms with Crippen LogP contribution in [0.4, 0.5) is 0 Å². The Kier molecular flexibility index (Phi) is 8.57. The van der Waals surface area contributed by atoms with E-state index in [9.17, 15) is 14.7 Å². The number of benzene rings is 2. The summed E-state index contributed by atoms with van der Waals surface area (Å²) < 4.78 is 10.2. The number of carbonyl (C=O) groups excluding carboxylic acids is 2. The Morgan fingerprint density at radius 3 is 2.52 bits per heavy atom. The van der Waals surface area contributed by atoms with Gasteiger partial charge < -0.3 is 25.2 Å². The summed E-state index contributed by atoms with van der Waals surface area (Å²) in [5.74, 6) is -1.76. The first-order valence-corrected chi connectivity index (χ1v) is 9.55. The van der Waals surface area contributed by atoms with Crippen LogP contribution in [0.25, 0.3) is 0 Å². The molecular formula is C20H22Cl2N2O5. The monoisotopic (exact) mass is 440 g/mol. The quantitative estimate of drug-likeness (QED) is 0.409. The van der Waals surface area contributed by atoms with E-state index in [-0.39, 0.29) is 34.4 Å². The fraction of sp³-hybridized carbons (Fsp3) is 0.300. The van der Waals surface area contributed by atoms with Crippen molar-refractivity contribution in [2.75, 3.05) is 27.3 Å². The molecule has 0 saturated heterocycles. The maximum Gasteiger partial charge on any atom is 0.328 e. The fourth-order valence-corrected chi connectivity index (χ4v) is 3.14. The number of esters is 1. The van der Waals surface area contributed by atoms with Gasteiger partial charge in [0, 0.05) is 13.0 Å². The lowest BCUT2D eigenvalue weighted by Gasteiger charge is -2.18. The Labute approximate surface area is 178 Å². The van der Waals surface area contributed by atoms with Gasteiger partial charge in [-0.1, -0.05) is 53.5 Å². The second-order valence-electron chi connectivity index (χ2n) is 6.09. The number of phenols is 1. The van der Waals surface area contributed by atoms with Crippen LogP contribution >= 0.6 is 23.2 Å². The molecule has 0 fully saturated rings. The normalized spacial score (nSPS) is 11.6. The van der Waals surface area contributed by atoms with E-state index < -0.39 is 23.7 Å². The molecular weight excluding hydrogens is 419 g/mol. The lowest BCUT2D eigenvalue weighted by Crippen LogP contribution is -2.43. The summed E-state index contributed by atoms with van der Waals surface area (Å²) in [6.45, 7) is 0.804. The zero-order chi connectivity index (χ0) is 21.4. The molecule has 2 aromatic carbocycles. The molecule has 2 aromatic rings. The molecule has 0 aliphatic heterocycles. The summed E-state index contributed by atoms with van der Waals surface area (Å²) in [5.41, 5.74) is 0.652. The molecule has 3 N–H and O–H groups in total. The molecule has 29 heavy (non-hydrogen) atoms. The third-order valence-electron chi connectivity index (χ3n) is 4.07. The van der Waals surface area contributed by atoms with Crippen LogP contribution < -0.4 is 15.4 Å². The van der Waals surface area contributed by atoms with E-state index in [2.05, 4.69) is 10.6 Å². The van der Waals surface area contributed by atoms with Gasteiger partial charge in [-0.05, 0) is 18.7 Å². The Balaban J connectivity index is 2.23. The van der Waals surface area contributed by atoms with E-state index in [1.807, 2.05) is 30.3 Å². The molecule has 0 bridgehead atoms. The smallest absolute Gasteiger partial charge is 0.328 e. The van der Waals surface area contributed by atoms with Crippen molar-refractivity contribution >= 4 is 35.1 Å². The van der Waals surface area contributed by atoms with Crippen LogP contribution in [-0.2, 0) is 16.0 Å². The number of rotatable bonds is 9. The van der Waals surface area contributed by atoms with Crippen LogP contribution in [0.1, 0.15) is 15.9 Å². The fourth-order valence-electron chi connectivity index (χ4n) is 2.57. The molecule has 0 radical (unpaired) electrons. The van der Waals surface area contributed by atoms with Gasteiger partial charge >= 0.3 is 5.97 Å². The second-order valence-corrected chi connectivity index (χ2v) is 6.87. The SMILES string of the molecule is CNCCOc1c(Cl)cc(C(=O)NC(Cc2ccccc2)C(=O)OC)c(O)c1Cl. The van der Waals surface area contributed by atoms with Crippen molar-refractivity contribution in [3.8, 4) is 11.5 Å². The molecule has 0 spiro atoms. The number of amides is 1. The third kappa shape index (κ3) is 6.00. The topological polar surface area (TPSA) is 96.9 Å². The molecule has 0 heterocycles. The Bertz CT molecular complexity index is 862. The summed E-state index contributed by atoms with van der Waals surface area (Å²) in [6.07, 6.45) is 0.215. The highest BCUT2D eigenvalue weighted by molar-refractivity contribution is 6.39. The average Bonchev–Trinajstić information content (AvgIpc) is 2.72. The summed E-state index contributed by atoms with van der Waals surface area (Å²) in [6, 6.07) is 9.42. The van der Waals surface area contributed by atoms with Crippen molar-refractivity contribution < 1.29 is 24.2 Å². The van der Waals surface area contributed by atoms with E-state index in [1.54, 1.807) is 7.05 Å². The molecule has 156 valence electrons. The maximum atomic E-state index is 12.7. The Morgan fingerprint density at radius 2 is 1.90 bits per heavy atom. The van der Waals surface area contributed by atoms with Gasteiger partial charge in [0.2, 0.25) is 0 Å². The van der Waals surface area contributed by atoms with Gasteiger partial charge in [0.05, 0.1) is 17.7 Å². The number of hydrogen-bond acceptors (Lipinski definition) is 6. The number of nitrogens with one attached hydrogen (secondary N) is 2. The molecule has 1 unspecified atom stereocenters. The van der Waals surface area contributed by atoms with E-state index in [0.717, 1.165) is 5.56 Å². The minimum atomic E-state index is -0.960. The molecule has 0 aliphatic rings. The van der Waals surface area contributed by atoms with Crippen LogP contribution in [0.3, 0.4) is 0 Å². The number of hydrogen-bond donors (Lipinski definition) is 3. The second kappa shape index (κ2) is 10.9. The van der Waals surface area contributed by atoms with Crippen molar-refractivity contribution in [1.29, 1.82) is 0 Å². The highest BCUT2D eigenvalue weighted by Crippen LogP contribution is 2.41. The molecule has 0 saturated carbocycles. The lowest BCUT2D eigenvalue weighted by atomic mass is 10.1. The van der Waals surface area contributed by atoms with Crippen molar-refractivity contribution in [3.05, 3.63) is 57.6 Å². The van der Waals surface area contributed by atoms with Crippen molar-refractivity contribution in [3.63, 3.8) is 0 Å². The van der Waals surface area contributed by atoms with E-state index in [4.69, 9.17) is 32.7 Å². The van der Waals surface area contributed by atoms with Gasteiger partial charge in [-0.3, -0.25) is 4.79 Å². The highest BCUT2D eigenvalue weighted by Gasteiger charge is 2.26.